The van der Waals surface area contributed by atoms with Gasteiger partial charge in [0.2, 0.25) is 0 Å². The third kappa shape index (κ3) is 4.82. The van der Waals surface area contributed by atoms with E-state index in [0.717, 1.165) is 0 Å². The van der Waals surface area contributed by atoms with Crippen LogP contribution in [0.4, 0.5) is 5.69 Å². The summed E-state index contributed by atoms with van der Waals surface area (Å²) >= 11 is 3.24. The number of amides is 1. The third-order valence-corrected chi connectivity index (χ3v) is 3.37. The normalized spacial score (nSPS) is 11.9. The first-order chi connectivity index (χ1) is 9.45. The van der Waals surface area contributed by atoms with Crippen molar-refractivity contribution in [3.63, 3.8) is 0 Å². The number of carboxylic acid groups (broad SMARTS) is 1. The van der Waals surface area contributed by atoms with Gasteiger partial charge in [-0.1, -0.05) is 0 Å². The quantitative estimate of drug-likeness (QED) is 0.515. The molecule has 0 aliphatic rings. The Kier molecular flexibility index (Phi) is 6.47. The molecule has 0 spiro atoms. The molecule has 0 fully saturated rings. The Bertz CT molecular complexity index is 493. The van der Waals surface area contributed by atoms with Crippen LogP contribution in [0.25, 0.3) is 0 Å². The lowest BCUT2D eigenvalue weighted by Gasteiger charge is -2.15. The molecule has 1 rings (SSSR count). The number of rotatable bonds is 7. The topological polar surface area (TPSA) is 102 Å². The number of benzene rings is 1. The third-order valence-electron chi connectivity index (χ3n) is 2.68. The Labute approximate surface area is 125 Å². The number of nitrogens with one attached hydrogen (secondary N) is 1. The molecule has 1 amide bonds. The minimum absolute atomic E-state index is 0.300. The minimum atomic E-state index is -1.07. The van der Waals surface area contributed by atoms with Gasteiger partial charge in [0.05, 0.1) is 5.56 Å². The summed E-state index contributed by atoms with van der Waals surface area (Å²) in [4.78, 5) is 23.2. The number of hydrogen-bond donors (Lipinski definition) is 3. The molecule has 0 aliphatic carbocycles. The number of nitrogen functional groups attached to an aromatic ring is 1. The van der Waals surface area contributed by atoms with Crippen molar-refractivity contribution in [3.8, 4) is 0 Å². The number of carbonyl (C=O) groups excluding carboxylic acids is 1. The van der Waals surface area contributed by atoms with Crippen LogP contribution in [0.3, 0.4) is 0 Å². The lowest BCUT2D eigenvalue weighted by atomic mass is 10.1. The van der Waals surface area contributed by atoms with Gasteiger partial charge in [0.15, 0.2) is 0 Å². The number of anilines is 1. The molecule has 0 heterocycles. The first-order valence-corrected chi connectivity index (χ1v) is 6.82. The molecule has 0 saturated carbocycles. The molecule has 6 nitrogen and oxygen atoms in total. The molecule has 110 valence electrons. The molecule has 4 N–H and O–H groups in total. The highest BCUT2D eigenvalue weighted by molar-refractivity contribution is 9.10. The number of carbonyl (C=O) groups is 2. The molecule has 20 heavy (non-hydrogen) atoms. The van der Waals surface area contributed by atoms with Crippen molar-refractivity contribution in [2.45, 2.75) is 18.9 Å². The number of halogens is 1. The molecule has 1 aromatic rings. The Morgan fingerprint density at radius 1 is 1.50 bits per heavy atom. The van der Waals surface area contributed by atoms with Crippen molar-refractivity contribution in [2.75, 3.05) is 19.5 Å². The van der Waals surface area contributed by atoms with E-state index in [1.165, 1.54) is 13.2 Å². The van der Waals surface area contributed by atoms with Gasteiger partial charge in [0.25, 0.3) is 5.91 Å². The molecule has 0 aromatic heterocycles. The molecule has 0 saturated heterocycles. The summed E-state index contributed by atoms with van der Waals surface area (Å²) in [5.41, 5.74) is 6.36. The van der Waals surface area contributed by atoms with E-state index in [-0.39, 0.29) is 0 Å². The summed E-state index contributed by atoms with van der Waals surface area (Å²) in [5.74, 6) is -1.55. The summed E-state index contributed by atoms with van der Waals surface area (Å²) in [5, 5.41) is 11.6. The molecule has 1 unspecified atom stereocenters. The summed E-state index contributed by atoms with van der Waals surface area (Å²) in [6.45, 7) is 0.446. The Morgan fingerprint density at radius 2 is 2.20 bits per heavy atom. The first kappa shape index (κ1) is 16.5. The number of methoxy groups -OCH3 is 1. The van der Waals surface area contributed by atoms with Gasteiger partial charge in [-0.05, 0) is 47.0 Å². The highest BCUT2D eigenvalue weighted by Gasteiger charge is 2.21. The van der Waals surface area contributed by atoms with E-state index in [2.05, 4.69) is 21.2 Å². The minimum Gasteiger partial charge on any atom is -0.480 e. The van der Waals surface area contributed by atoms with Crippen molar-refractivity contribution in [1.29, 1.82) is 0 Å². The van der Waals surface area contributed by atoms with Crippen LogP contribution in [0.1, 0.15) is 23.2 Å². The average Bonchev–Trinajstić information content (AvgIpc) is 2.40. The number of carboxylic acids is 1. The van der Waals surface area contributed by atoms with Crippen LogP contribution < -0.4 is 11.1 Å². The Morgan fingerprint density at radius 3 is 2.80 bits per heavy atom. The lowest BCUT2D eigenvalue weighted by molar-refractivity contribution is -0.139. The van der Waals surface area contributed by atoms with E-state index < -0.39 is 17.9 Å². The van der Waals surface area contributed by atoms with Gasteiger partial charge >= 0.3 is 5.97 Å². The van der Waals surface area contributed by atoms with Gasteiger partial charge in [-0.25, -0.2) is 4.79 Å². The maximum absolute atomic E-state index is 12.1. The van der Waals surface area contributed by atoms with Crippen molar-refractivity contribution in [1.82, 2.24) is 5.32 Å². The van der Waals surface area contributed by atoms with Crippen LogP contribution >= 0.6 is 15.9 Å². The fourth-order valence-corrected chi connectivity index (χ4v) is 2.07. The van der Waals surface area contributed by atoms with Crippen LogP contribution in [0, 0.1) is 0 Å². The second kappa shape index (κ2) is 7.86. The monoisotopic (exact) mass is 344 g/mol. The Hall–Kier alpha value is -1.60. The van der Waals surface area contributed by atoms with Crippen LogP contribution in [-0.4, -0.2) is 36.7 Å². The van der Waals surface area contributed by atoms with Crippen molar-refractivity contribution < 1.29 is 19.4 Å². The average molecular weight is 345 g/mol. The maximum Gasteiger partial charge on any atom is 0.326 e. The molecule has 1 aromatic carbocycles. The first-order valence-electron chi connectivity index (χ1n) is 6.03. The fourth-order valence-electron chi connectivity index (χ4n) is 1.64. The summed E-state index contributed by atoms with van der Waals surface area (Å²) < 4.78 is 5.43. The van der Waals surface area contributed by atoms with E-state index in [4.69, 9.17) is 15.6 Å². The van der Waals surface area contributed by atoms with Gasteiger partial charge in [-0.3, -0.25) is 4.79 Å². The molecular formula is C13H17BrN2O4. The number of ether oxygens (including phenoxy) is 1. The fraction of sp³-hybridized carbons (Fsp3) is 0.385. The van der Waals surface area contributed by atoms with Gasteiger partial charge in [0, 0.05) is 23.9 Å². The van der Waals surface area contributed by atoms with E-state index in [9.17, 15) is 9.59 Å². The highest BCUT2D eigenvalue weighted by Crippen LogP contribution is 2.19. The predicted molar refractivity (Wildman–Crippen MR) is 78.6 cm³/mol. The summed E-state index contributed by atoms with van der Waals surface area (Å²) in [6, 6.07) is 3.83. The van der Waals surface area contributed by atoms with Gasteiger partial charge in [-0.15, -0.1) is 0 Å². The van der Waals surface area contributed by atoms with Crippen molar-refractivity contribution in [3.05, 3.63) is 28.2 Å². The van der Waals surface area contributed by atoms with Crippen molar-refractivity contribution in [2.24, 2.45) is 0 Å². The smallest absolute Gasteiger partial charge is 0.326 e. The maximum atomic E-state index is 12.1. The predicted octanol–water partition coefficient (Wildman–Crippen LogP) is 1.64. The zero-order valence-electron chi connectivity index (χ0n) is 11.1. The molecule has 1 atom stereocenters. The van der Waals surface area contributed by atoms with Crippen LogP contribution in [0.5, 0.6) is 0 Å². The number of nitrogens with two attached hydrogens (primary N) is 1. The van der Waals surface area contributed by atoms with E-state index in [0.29, 0.717) is 35.2 Å². The number of hydrogen-bond acceptors (Lipinski definition) is 4. The zero-order valence-corrected chi connectivity index (χ0v) is 12.6. The SMILES string of the molecule is COCCCC(NC(=O)c1cc(N)ccc1Br)C(=O)O. The molecule has 7 heteroatoms. The van der Waals surface area contributed by atoms with E-state index in [1.54, 1.807) is 12.1 Å². The van der Waals surface area contributed by atoms with Crippen molar-refractivity contribution >= 4 is 33.5 Å². The lowest BCUT2D eigenvalue weighted by Crippen LogP contribution is -2.41. The molecule has 0 bridgehead atoms. The van der Waals surface area contributed by atoms with Crippen LogP contribution in [0.15, 0.2) is 22.7 Å². The van der Waals surface area contributed by atoms with Crippen LogP contribution in [0.2, 0.25) is 0 Å². The van der Waals surface area contributed by atoms with Gasteiger partial charge in [-0.2, -0.15) is 0 Å². The van der Waals surface area contributed by atoms with Crippen LogP contribution in [-0.2, 0) is 9.53 Å². The van der Waals surface area contributed by atoms with Gasteiger partial charge in [0.1, 0.15) is 6.04 Å². The standard InChI is InChI=1S/C13H17BrN2O4/c1-20-6-2-3-11(13(18)19)16-12(17)9-7-8(15)4-5-10(9)14/h4-5,7,11H,2-3,6,15H2,1H3,(H,16,17)(H,18,19). The largest absolute Gasteiger partial charge is 0.480 e. The highest BCUT2D eigenvalue weighted by atomic mass is 79.9. The molecular weight excluding hydrogens is 328 g/mol. The molecule has 0 aliphatic heterocycles. The second-order valence-corrected chi connectivity index (χ2v) is 5.09. The van der Waals surface area contributed by atoms with E-state index in [1.807, 2.05) is 0 Å². The summed E-state index contributed by atoms with van der Waals surface area (Å²) in [7, 11) is 1.54. The van der Waals surface area contributed by atoms with Gasteiger partial charge < -0.3 is 20.9 Å². The molecule has 0 radical (unpaired) electrons. The Balaban J connectivity index is 2.75. The number of aliphatic carboxylic acids is 1. The zero-order chi connectivity index (χ0) is 15.1. The second-order valence-electron chi connectivity index (χ2n) is 4.24. The summed E-state index contributed by atoms with van der Waals surface area (Å²) in [6.07, 6.45) is 0.848. The van der Waals surface area contributed by atoms with E-state index >= 15 is 0 Å².